The number of carbonyl (C=O) groups is 1. The van der Waals surface area contributed by atoms with Gasteiger partial charge in [0.25, 0.3) is 5.91 Å². The van der Waals surface area contributed by atoms with Gasteiger partial charge in [0.1, 0.15) is 6.10 Å². The molecule has 2 N–H and O–H groups in total. The van der Waals surface area contributed by atoms with Crippen LogP contribution in [-0.2, 0) is 9.53 Å². The number of hydrogen-bond acceptors (Lipinski definition) is 3. The van der Waals surface area contributed by atoms with E-state index in [9.17, 15) is 4.79 Å². The summed E-state index contributed by atoms with van der Waals surface area (Å²) in [6, 6.07) is 0. The number of likely N-dealkylation sites (tertiary alicyclic amines) is 1. The summed E-state index contributed by atoms with van der Waals surface area (Å²) >= 11 is 0. The van der Waals surface area contributed by atoms with Crippen LogP contribution < -0.4 is 5.73 Å². The molecule has 1 heterocycles. The van der Waals surface area contributed by atoms with Crippen molar-refractivity contribution in [1.82, 2.24) is 4.90 Å². The van der Waals surface area contributed by atoms with Gasteiger partial charge in [-0.1, -0.05) is 12.8 Å². The van der Waals surface area contributed by atoms with E-state index in [0.717, 1.165) is 38.8 Å². The molecule has 4 heteroatoms. The van der Waals surface area contributed by atoms with Gasteiger partial charge >= 0.3 is 0 Å². The number of carbonyl (C=O) groups excluding carboxylic acids is 1. The van der Waals surface area contributed by atoms with Gasteiger partial charge in [0, 0.05) is 19.6 Å². The molecule has 18 heavy (non-hydrogen) atoms. The Bertz CT molecular complexity index is 282. The normalized spacial score (nSPS) is 25.1. The monoisotopic (exact) mass is 254 g/mol. The highest BCUT2D eigenvalue weighted by Crippen LogP contribution is 2.33. The molecule has 1 unspecified atom stereocenters. The first kappa shape index (κ1) is 13.8. The van der Waals surface area contributed by atoms with Crippen LogP contribution in [0.25, 0.3) is 0 Å². The summed E-state index contributed by atoms with van der Waals surface area (Å²) < 4.78 is 6.05. The van der Waals surface area contributed by atoms with Gasteiger partial charge in [-0.15, -0.1) is 0 Å². The van der Waals surface area contributed by atoms with Gasteiger partial charge in [0.2, 0.25) is 0 Å². The molecule has 0 aromatic carbocycles. The maximum Gasteiger partial charge on any atom is 0.251 e. The van der Waals surface area contributed by atoms with E-state index in [2.05, 4.69) is 0 Å². The first-order valence-corrected chi connectivity index (χ1v) is 7.33. The fourth-order valence-electron chi connectivity index (χ4n) is 3.19. The highest BCUT2D eigenvalue weighted by Gasteiger charge is 2.37. The number of amides is 1. The quantitative estimate of drug-likeness (QED) is 0.830. The van der Waals surface area contributed by atoms with Crippen molar-refractivity contribution in [3.63, 3.8) is 0 Å². The number of rotatable bonds is 4. The second kappa shape index (κ2) is 6.02. The van der Waals surface area contributed by atoms with Crippen LogP contribution in [0, 0.1) is 0 Å². The Hall–Kier alpha value is -0.610. The van der Waals surface area contributed by atoms with E-state index in [0.29, 0.717) is 6.54 Å². The van der Waals surface area contributed by atoms with Crippen molar-refractivity contribution >= 4 is 5.91 Å². The molecule has 2 fully saturated rings. The SMILES string of the molecule is CC(OC1(CN)CCCC1)C(=O)N1CCCCC1. The van der Waals surface area contributed by atoms with E-state index >= 15 is 0 Å². The molecule has 2 aliphatic rings. The van der Waals surface area contributed by atoms with Gasteiger partial charge in [0.15, 0.2) is 0 Å². The van der Waals surface area contributed by atoms with Crippen LogP contribution in [0.5, 0.6) is 0 Å². The third-order valence-corrected chi connectivity index (χ3v) is 4.33. The fraction of sp³-hybridized carbons (Fsp3) is 0.929. The van der Waals surface area contributed by atoms with Crippen molar-refractivity contribution in [3.8, 4) is 0 Å². The van der Waals surface area contributed by atoms with Crippen molar-refractivity contribution in [3.05, 3.63) is 0 Å². The maximum absolute atomic E-state index is 12.3. The summed E-state index contributed by atoms with van der Waals surface area (Å²) in [6.45, 7) is 4.20. The molecule has 0 radical (unpaired) electrons. The molecule has 1 amide bonds. The van der Waals surface area contributed by atoms with Crippen LogP contribution in [0.3, 0.4) is 0 Å². The molecule has 1 aliphatic heterocycles. The lowest BCUT2D eigenvalue weighted by Crippen LogP contribution is -2.48. The number of nitrogens with two attached hydrogens (primary N) is 1. The van der Waals surface area contributed by atoms with E-state index in [1.165, 1.54) is 19.3 Å². The van der Waals surface area contributed by atoms with Gasteiger partial charge in [-0.2, -0.15) is 0 Å². The molecule has 104 valence electrons. The van der Waals surface area contributed by atoms with Crippen LogP contribution in [-0.4, -0.2) is 42.1 Å². The molecule has 2 rings (SSSR count). The molecule has 1 atom stereocenters. The summed E-state index contributed by atoms with van der Waals surface area (Å²) in [6.07, 6.45) is 7.49. The van der Waals surface area contributed by atoms with Crippen LogP contribution in [0.4, 0.5) is 0 Å². The number of ether oxygens (including phenoxy) is 1. The second-order valence-corrected chi connectivity index (χ2v) is 5.74. The minimum absolute atomic E-state index is 0.148. The van der Waals surface area contributed by atoms with Gasteiger partial charge < -0.3 is 15.4 Å². The average Bonchev–Trinajstić information content (AvgIpc) is 2.88. The zero-order valence-corrected chi connectivity index (χ0v) is 11.5. The summed E-state index contributed by atoms with van der Waals surface area (Å²) in [5, 5.41) is 0. The van der Waals surface area contributed by atoms with E-state index < -0.39 is 0 Å². The van der Waals surface area contributed by atoms with E-state index in [1.807, 2.05) is 11.8 Å². The standard InChI is InChI=1S/C14H26N2O2/c1-12(13(17)16-9-5-2-6-10-16)18-14(11-15)7-3-4-8-14/h12H,2-11,15H2,1H3. The molecule has 0 spiro atoms. The summed E-state index contributed by atoms with van der Waals surface area (Å²) in [7, 11) is 0. The molecule has 4 nitrogen and oxygen atoms in total. The predicted octanol–water partition coefficient (Wildman–Crippen LogP) is 1.68. The minimum atomic E-state index is -0.343. The van der Waals surface area contributed by atoms with Gasteiger partial charge in [0.05, 0.1) is 5.60 Å². The fourth-order valence-corrected chi connectivity index (χ4v) is 3.19. The molecular formula is C14H26N2O2. The Morgan fingerprint density at radius 3 is 2.39 bits per heavy atom. The lowest BCUT2D eigenvalue weighted by Gasteiger charge is -2.34. The largest absolute Gasteiger partial charge is 0.361 e. The molecular weight excluding hydrogens is 228 g/mol. The van der Waals surface area contributed by atoms with Crippen molar-refractivity contribution in [2.45, 2.75) is 63.6 Å². The maximum atomic E-state index is 12.3. The zero-order chi connectivity index (χ0) is 13.0. The zero-order valence-electron chi connectivity index (χ0n) is 11.5. The van der Waals surface area contributed by atoms with Crippen molar-refractivity contribution < 1.29 is 9.53 Å². The number of piperidine rings is 1. The van der Waals surface area contributed by atoms with Crippen LogP contribution in [0.15, 0.2) is 0 Å². The van der Waals surface area contributed by atoms with E-state index in [-0.39, 0.29) is 17.6 Å². The van der Waals surface area contributed by atoms with Crippen molar-refractivity contribution in [2.24, 2.45) is 5.73 Å². The third-order valence-electron chi connectivity index (χ3n) is 4.33. The Morgan fingerprint density at radius 1 is 1.22 bits per heavy atom. The second-order valence-electron chi connectivity index (χ2n) is 5.74. The minimum Gasteiger partial charge on any atom is -0.361 e. The average molecular weight is 254 g/mol. The summed E-state index contributed by atoms with van der Waals surface area (Å²) in [5.41, 5.74) is 5.61. The Labute approximate surface area is 110 Å². The highest BCUT2D eigenvalue weighted by atomic mass is 16.5. The van der Waals surface area contributed by atoms with Gasteiger partial charge in [-0.25, -0.2) is 0 Å². The molecule has 0 aromatic rings. The van der Waals surface area contributed by atoms with Crippen LogP contribution in [0.2, 0.25) is 0 Å². The lowest BCUT2D eigenvalue weighted by molar-refractivity contribution is -0.155. The van der Waals surface area contributed by atoms with Crippen LogP contribution in [0.1, 0.15) is 51.9 Å². The smallest absolute Gasteiger partial charge is 0.251 e. The molecule has 0 aromatic heterocycles. The first-order chi connectivity index (χ1) is 8.67. The highest BCUT2D eigenvalue weighted by molar-refractivity contribution is 5.80. The molecule has 1 saturated heterocycles. The van der Waals surface area contributed by atoms with Crippen molar-refractivity contribution in [2.75, 3.05) is 19.6 Å². The number of nitrogens with zero attached hydrogens (tertiary/aromatic N) is 1. The topological polar surface area (TPSA) is 55.6 Å². The molecule has 0 bridgehead atoms. The molecule has 1 aliphatic carbocycles. The predicted molar refractivity (Wildman–Crippen MR) is 71.2 cm³/mol. The van der Waals surface area contributed by atoms with E-state index in [1.54, 1.807) is 0 Å². The Balaban J connectivity index is 1.89. The third kappa shape index (κ3) is 3.04. The number of hydrogen-bond donors (Lipinski definition) is 1. The van der Waals surface area contributed by atoms with Crippen molar-refractivity contribution in [1.29, 1.82) is 0 Å². The lowest BCUT2D eigenvalue weighted by atomic mass is 10.0. The van der Waals surface area contributed by atoms with Gasteiger partial charge in [-0.3, -0.25) is 4.79 Å². The van der Waals surface area contributed by atoms with E-state index in [4.69, 9.17) is 10.5 Å². The first-order valence-electron chi connectivity index (χ1n) is 7.33. The summed E-state index contributed by atoms with van der Waals surface area (Å²) in [4.78, 5) is 14.3. The Kier molecular flexibility index (Phi) is 4.62. The Morgan fingerprint density at radius 2 is 1.83 bits per heavy atom. The molecule has 1 saturated carbocycles. The van der Waals surface area contributed by atoms with Crippen LogP contribution >= 0.6 is 0 Å². The summed E-state index contributed by atoms with van der Waals surface area (Å²) in [5.74, 6) is 0.148. The van der Waals surface area contributed by atoms with Gasteiger partial charge in [-0.05, 0) is 39.0 Å².